The topological polar surface area (TPSA) is 84.0 Å². The summed E-state index contributed by atoms with van der Waals surface area (Å²) in [6.07, 6.45) is 0.640. The molecule has 0 N–H and O–H groups in total. The number of anilines is 1. The molecular weight excluding hydrogens is 452 g/mol. The number of carbonyl (C=O) groups is 2. The van der Waals surface area contributed by atoms with Crippen LogP contribution in [0.1, 0.15) is 50.7 Å². The number of hydrogen-bond donors (Lipinski definition) is 0. The molecule has 34 heavy (non-hydrogen) atoms. The largest absolute Gasteiger partial charge is 0.452 e. The summed E-state index contributed by atoms with van der Waals surface area (Å²) in [5, 5.41) is 0. The lowest BCUT2D eigenvalue weighted by Gasteiger charge is -2.31. The lowest BCUT2D eigenvalue weighted by molar-refractivity contribution is -0.159. The number of esters is 1. The average Bonchev–Trinajstić information content (AvgIpc) is 3.27. The number of sulfonamides is 1. The Bertz CT molecular complexity index is 1150. The number of fused-ring (bicyclic) bond motifs is 1. The molecule has 8 heteroatoms. The fourth-order valence-corrected chi connectivity index (χ4v) is 6.08. The second kappa shape index (κ2) is 9.88. The van der Waals surface area contributed by atoms with Gasteiger partial charge in [0.2, 0.25) is 10.0 Å². The molecule has 4 rings (SSSR count). The second-order valence-corrected chi connectivity index (χ2v) is 11.3. The van der Waals surface area contributed by atoms with Gasteiger partial charge < -0.3 is 9.64 Å². The van der Waals surface area contributed by atoms with Crippen LogP contribution in [0.25, 0.3) is 0 Å². The first-order valence-electron chi connectivity index (χ1n) is 11.9. The maximum atomic E-state index is 13.0. The van der Waals surface area contributed by atoms with Gasteiger partial charge in [-0.25, -0.2) is 8.42 Å². The van der Waals surface area contributed by atoms with Crippen LogP contribution in [0.5, 0.6) is 0 Å². The van der Waals surface area contributed by atoms with Crippen molar-refractivity contribution >= 4 is 27.6 Å². The van der Waals surface area contributed by atoms with E-state index < -0.39 is 28.0 Å². The van der Waals surface area contributed by atoms with Gasteiger partial charge in [0.15, 0.2) is 6.10 Å². The van der Waals surface area contributed by atoms with Crippen molar-refractivity contribution in [2.24, 2.45) is 5.92 Å². The minimum atomic E-state index is -3.61. The summed E-state index contributed by atoms with van der Waals surface area (Å²) in [7, 11) is -3.61. The quantitative estimate of drug-likeness (QED) is 0.584. The molecule has 2 aromatic carbocycles. The summed E-state index contributed by atoms with van der Waals surface area (Å²) in [4.78, 5) is 27.6. The summed E-state index contributed by atoms with van der Waals surface area (Å²) in [5.41, 5.74) is 3.07. The minimum absolute atomic E-state index is 0.233. The van der Waals surface area contributed by atoms with Crippen molar-refractivity contribution in [1.82, 2.24) is 4.31 Å². The van der Waals surface area contributed by atoms with Crippen molar-refractivity contribution in [3.63, 3.8) is 0 Å². The van der Waals surface area contributed by atoms with Crippen molar-refractivity contribution < 1.29 is 22.7 Å². The molecule has 1 unspecified atom stereocenters. The minimum Gasteiger partial charge on any atom is -0.452 e. The zero-order valence-electron chi connectivity index (χ0n) is 19.9. The van der Waals surface area contributed by atoms with Gasteiger partial charge >= 0.3 is 5.97 Å². The van der Waals surface area contributed by atoms with Crippen molar-refractivity contribution in [1.29, 1.82) is 0 Å². The van der Waals surface area contributed by atoms with Gasteiger partial charge in [0.25, 0.3) is 5.91 Å². The summed E-state index contributed by atoms with van der Waals surface area (Å²) in [6, 6.07) is 14.7. The number of piperidine rings is 1. The van der Waals surface area contributed by atoms with E-state index in [0.29, 0.717) is 25.3 Å². The molecule has 0 saturated carbocycles. The maximum absolute atomic E-state index is 13.0. The molecule has 2 heterocycles. The van der Waals surface area contributed by atoms with Crippen LogP contribution < -0.4 is 4.90 Å². The highest BCUT2D eigenvalue weighted by atomic mass is 32.2. The number of nitrogens with zero attached hydrogens (tertiary/aromatic N) is 2. The van der Waals surface area contributed by atoms with Crippen LogP contribution in [0.15, 0.2) is 53.4 Å². The van der Waals surface area contributed by atoms with Gasteiger partial charge in [-0.3, -0.25) is 9.59 Å². The lowest BCUT2D eigenvalue weighted by Crippen LogP contribution is -2.43. The predicted molar refractivity (Wildman–Crippen MR) is 130 cm³/mol. The van der Waals surface area contributed by atoms with Crippen molar-refractivity contribution in [2.75, 3.05) is 24.5 Å². The molecule has 2 aliphatic rings. The Hall–Kier alpha value is -2.71. The van der Waals surface area contributed by atoms with E-state index in [1.165, 1.54) is 4.31 Å². The summed E-state index contributed by atoms with van der Waals surface area (Å²) in [5.74, 6) is -0.765. The molecule has 0 bridgehead atoms. The molecule has 2 aromatic rings. The molecule has 1 saturated heterocycles. The van der Waals surface area contributed by atoms with Crippen LogP contribution in [0, 0.1) is 5.92 Å². The Morgan fingerprint density at radius 3 is 2.24 bits per heavy atom. The van der Waals surface area contributed by atoms with E-state index in [2.05, 4.69) is 13.8 Å². The van der Waals surface area contributed by atoms with Gasteiger partial charge in [-0.15, -0.1) is 0 Å². The van der Waals surface area contributed by atoms with Crippen LogP contribution in [-0.2, 0) is 30.8 Å². The van der Waals surface area contributed by atoms with Crippen LogP contribution in [0.2, 0.25) is 0 Å². The Balaban J connectivity index is 1.32. The molecule has 0 aromatic heterocycles. The average molecular weight is 485 g/mol. The van der Waals surface area contributed by atoms with E-state index in [-0.39, 0.29) is 23.9 Å². The molecule has 1 fully saturated rings. The van der Waals surface area contributed by atoms with Gasteiger partial charge in [0.1, 0.15) is 0 Å². The molecule has 7 nitrogen and oxygen atoms in total. The Morgan fingerprint density at radius 1 is 0.941 bits per heavy atom. The predicted octanol–water partition coefficient (Wildman–Crippen LogP) is 3.73. The number of carbonyl (C=O) groups excluding carboxylic acids is 2. The zero-order valence-corrected chi connectivity index (χ0v) is 20.8. The van der Waals surface area contributed by atoms with Gasteiger partial charge in [-0.1, -0.05) is 44.2 Å². The van der Waals surface area contributed by atoms with Gasteiger partial charge in [-0.05, 0) is 61.4 Å². The van der Waals surface area contributed by atoms with E-state index in [1.54, 1.807) is 24.0 Å². The number of para-hydroxylation sites is 1. The molecule has 0 radical (unpaired) electrons. The number of hydrogen-bond acceptors (Lipinski definition) is 5. The fourth-order valence-electron chi connectivity index (χ4n) is 4.61. The first-order chi connectivity index (χ1) is 16.2. The number of benzene rings is 2. The van der Waals surface area contributed by atoms with E-state index in [9.17, 15) is 18.0 Å². The monoisotopic (exact) mass is 484 g/mol. The van der Waals surface area contributed by atoms with Crippen molar-refractivity contribution in [2.45, 2.75) is 57.0 Å². The molecular formula is C26H32N2O5S. The third kappa shape index (κ3) is 4.88. The smallest absolute Gasteiger partial charge is 0.309 e. The highest BCUT2D eigenvalue weighted by Crippen LogP contribution is 2.29. The number of amides is 1. The SMILES string of the molecule is CC(OC(=O)C1CCN(S(=O)(=O)c2ccc(C(C)C)cc2)CC1)C(=O)N1CCc2ccccc21. The Morgan fingerprint density at radius 2 is 1.59 bits per heavy atom. The molecule has 2 aliphatic heterocycles. The van der Waals surface area contributed by atoms with Gasteiger partial charge in [-0.2, -0.15) is 4.31 Å². The molecule has 1 amide bonds. The Kier molecular flexibility index (Phi) is 7.09. The van der Waals surface area contributed by atoms with E-state index >= 15 is 0 Å². The van der Waals surface area contributed by atoms with Crippen molar-refractivity contribution in [3.05, 3.63) is 59.7 Å². The molecule has 182 valence electrons. The highest BCUT2D eigenvalue weighted by molar-refractivity contribution is 7.89. The fraction of sp³-hybridized carbons (Fsp3) is 0.462. The summed E-state index contributed by atoms with van der Waals surface area (Å²) in [6.45, 7) is 6.79. The standard InChI is InChI=1S/C26H32N2O5S/c1-18(2)20-8-10-23(11-9-20)34(31,32)27-15-12-22(13-16-27)26(30)33-19(3)25(29)28-17-14-21-6-4-5-7-24(21)28/h4-11,18-19,22H,12-17H2,1-3H3. The molecule has 0 aliphatic carbocycles. The van der Waals surface area contributed by atoms with Crippen LogP contribution >= 0.6 is 0 Å². The Labute approximate surface area is 201 Å². The lowest BCUT2D eigenvalue weighted by atomic mass is 9.98. The zero-order chi connectivity index (χ0) is 24.5. The first-order valence-corrected chi connectivity index (χ1v) is 13.3. The van der Waals surface area contributed by atoms with Crippen LogP contribution in [0.4, 0.5) is 5.69 Å². The molecule has 0 spiro atoms. The van der Waals surface area contributed by atoms with E-state index in [4.69, 9.17) is 4.74 Å². The normalized spacial score (nSPS) is 18.1. The second-order valence-electron chi connectivity index (χ2n) is 9.35. The van der Waals surface area contributed by atoms with E-state index in [0.717, 1.165) is 23.2 Å². The van der Waals surface area contributed by atoms with Crippen LogP contribution in [0.3, 0.4) is 0 Å². The third-order valence-corrected chi connectivity index (χ3v) is 8.68. The van der Waals surface area contributed by atoms with Crippen LogP contribution in [-0.4, -0.2) is 50.3 Å². The third-order valence-electron chi connectivity index (χ3n) is 6.77. The summed E-state index contributed by atoms with van der Waals surface area (Å²) < 4.78 is 33.0. The van der Waals surface area contributed by atoms with Crippen molar-refractivity contribution in [3.8, 4) is 0 Å². The van der Waals surface area contributed by atoms with E-state index in [1.807, 2.05) is 36.4 Å². The number of ether oxygens (including phenoxy) is 1. The summed E-state index contributed by atoms with van der Waals surface area (Å²) >= 11 is 0. The molecule has 1 atom stereocenters. The maximum Gasteiger partial charge on any atom is 0.309 e. The number of rotatable bonds is 6. The highest BCUT2D eigenvalue weighted by Gasteiger charge is 2.35. The first kappa shape index (κ1) is 24.4. The van der Waals surface area contributed by atoms with Gasteiger partial charge in [0, 0.05) is 25.3 Å². The van der Waals surface area contributed by atoms with Gasteiger partial charge in [0.05, 0.1) is 10.8 Å².